The minimum atomic E-state index is -5.00. The largest absolute Gasteiger partial charge is 0.477 e. The summed E-state index contributed by atoms with van der Waals surface area (Å²) >= 11 is 0. The zero-order chi connectivity index (χ0) is 37.5. The van der Waals surface area contributed by atoms with E-state index in [2.05, 4.69) is 25.2 Å². The minimum Gasteiger partial charge on any atom is -0.477 e. The van der Waals surface area contributed by atoms with Gasteiger partial charge in [-0.1, -0.05) is 0 Å². The van der Waals surface area contributed by atoms with Crippen LogP contribution in [0.4, 0.5) is 48.1 Å². The summed E-state index contributed by atoms with van der Waals surface area (Å²) in [5.41, 5.74) is -3.57. The number of benzene rings is 1. The number of carbonyl (C=O) groups excluding carboxylic acids is 1. The molecule has 0 unspecified atom stereocenters. The highest BCUT2D eigenvalue weighted by atomic mass is 32.3. The number of hydrogen-bond acceptors (Lipinski definition) is 8. The van der Waals surface area contributed by atoms with Gasteiger partial charge in [0.05, 0.1) is 29.0 Å². The number of anilines is 3. The zero-order valence-electron chi connectivity index (χ0n) is 29.3. The molecular weight excluding hydrogens is 703 g/mol. The number of nitrogens with zero attached hydrogens (tertiary/aromatic N) is 6. The predicted molar refractivity (Wildman–Crippen MR) is 186 cm³/mol. The second-order valence-corrected chi connectivity index (χ2v) is 18.6. The van der Waals surface area contributed by atoms with E-state index in [0.717, 1.165) is 24.7 Å². The Hall–Kier alpha value is -3.86. The summed E-state index contributed by atoms with van der Waals surface area (Å²) in [7, 11) is 0.907. The number of alkyl halides is 5. The third kappa shape index (κ3) is 8.96. The number of pyridine rings is 1. The molecule has 0 spiro atoms. The average Bonchev–Trinajstić information content (AvgIpc) is 3.04. The van der Waals surface area contributed by atoms with E-state index in [4.69, 9.17) is 4.74 Å². The molecule has 0 radical (unpaired) electrons. The number of halogens is 7. The molecule has 1 amide bonds. The summed E-state index contributed by atoms with van der Waals surface area (Å²) in [6.45, 7) is 4.53. The Bertz CT molecular complexity index is 1720. The highest BCUT2D eigenvalue weighted by molar-refractivity contribution is 8.32. The number of likely N-dealkylation sites (N-methyl/N-ethyl adjacent to an activating group) is 1. The Balaban J connectivity index is 1.52. The fourth-order valence-electron chi connectivity index (χ4n) is 6.00. The van der Waals surface area contributed by atoms with E-state index >= 15 is 8.78 Å². The Labute approximate surface area is 293 Å². The minimum absolute atomic E-state index is 0.0124. The summed E-state index contributed by atoms with van der Waals surface area (Å²) in [5, 5.41) is 2.30. The van der Waals surface area contributed by atoms with E-state index in [1.54, 1.807) is 4.90 Å². The van der Waals surface area contributed by atoms with E-state index in [1.807, 2.05) is 39.7 Å². The van der Waals surface area contributed by atoms with Crippen molar-refractivity contribution in [1.82, 2.24) is 19.9 Å². The van der Waals surface area contributed by atoms with E-state index in [1.165, 1.54) is 4.90 Å². The molecule has 3 aromatic rings. The van der Waals surface area contributed by atoms with Crippen LogP contribution in [0.2, 0.25) is 0 Å². The van der Waals surface area contributed by atoms with Crippen molar-refractivity contribution in [3.05, 3.63) is 53.5 Å². The van der Waals surface area contributed by atoms with Gasteiger partial charge in [0.25, 0.3) is 11.8 Å². The Kier molecular flexibility index (Phi) is 11.0. The van der Waals surface area contributed by atoms with Crippen LogP contribution in [0.3, 0.4) is 0 Å². The van der Waals surface area contributed by atoms with Crippen molar-refractivity contribution in [2.45, 2.75) is 50.9 Å². The zero-order valence-corrected chi connectivity index (χ0v) is 30.1. The number of hydrogen-bond donors (Lipinski definition) is 1. The lowest BCUT2D eigenvalue weighted by Gasteiger charge is -2.44. The van der Waals surface area contributed by atoms with Crippen LogP contribution >= 0.6 is 10.0 Å². The van der Waals surface area contributed by atoms with Crippen molar-refractivity contribution in [3.8, 4) is 17.0 Å². The van der Waals surface area contributed by atoms with Crippen molar-refractivity contribution >= 4 is 33.3 Å². The van der Waals surface area contributed by atoms with Gasteiger partial charge in [-0.25, -0.2) is 42.5 Å². The molecule has 2 aromatic heterocycles. The van der Waals surface area contributed by atoms with Gasteiger partial charge in [0, 0.05) is 93.1 Å². The molecule has 0 aliphatic carbocycles. The number of amides is 1. The van der Waals surface area contributed by atoms with Gasteiger partial charge in [-0.15, -0.1) is 0 Å². The highest BCUT2D eigenvalue weighted by Crippen LogP contribution is 2.41. The van der Waals surface area contributed by atoms with Crippen molar-refractivity contribution in [1.29, 1.82) is 0 Å². The molecule has 2 aliphatic heterocycles. The SMILES string of the molecule is C[C@@H]1CN(c2cc(F)c(-c3cnc(N4CCC(F)(F)CC4)nc3)c(F)c2NC(=O)c2cnc(OCCS(C)(C)C)cc2C(F)(F)F)C[C@H](C)N1C. The first-order valence-electron chi connectivity index (χ1n) is 16.4. The molecule has 4 heterocycles. The summed E-state index contributed by atoms with van der Waals surface area (Å²) in [6, 6.07) is 1.50. The summed E-state index contributed by atoms with van der Waals surface area (Å²) in [4.78, 5) is 31.2. The fraction of sp³-hybridized carbons (Fsp3) is 0.529. The number of piperazine rings is 1. The highest BCUT2D eigenvalue weighted by Gasteiger charge is 2.38. The van der Waals surface area contributed by atoms with Gasteiger partial charge in [0.2, 0.25) is 11.8 Å². The van der Waals surface area contributed by atoms with Crippen molar-refractivity contribution in [2.75, 3.05) is 79.5 Å². The lowest BCUT2D eigenvalue weighted by Crippen LogP contribution is -2.55. The number of ether oxygens (including phenoxy) is 1. The molecule has 0 bridgehead atoms. The van der Waals surface area contributed by atoms with Gasteiger partial charge >= 0.3 is 6.18 Å². The molecule has 9 nitrogen and oxygen atoms in total. The maximum absolute atomic E-state index is 16.7. The molecule has 17 heteroatoms. The molecule has 1 aromatic carbocycles. The topological polar surface area (TPSA) is 86.7 Å². The van der Waals surface area contributed by atoms with Gasteiger partial charge in [0.1, 0.15) is 11.5 Å². The van der Waals surface area contributed by atoms with Crippen LogP contribution in [-0.4, -0.2) is 108 Å². The number of rotatable bonds is 9. The van der Waals surface area contributed by atoms with Crippen molar-refractivity contribution in [3.63, 3.8) is 0 Å². The quantitative estimate of drug-likeness (QED) is 0.237. The van der Waals surface area contributed by atoms with Gasteiger partial charge in [-0.3, -0.25) is 9.69 Å². The van der Waals surface area contributed by atoms with Crippen molar-refractivity contribution in [2.24, 2.45) is 0 Å². The molecule has 51 heavy (non-hydrogen) atoms. The summed E-state index contributed by atoms with van der Waals surface area (Å²) in [6.07, 6.45) is 3.29. The maximum Gasteiger partial charge on any atom is 0.417 e. The van der Waals surface area contributed by atoms with E-state index < -0.39 is 74.9 Å². The third-order valence-corrected chi connectivity index (χ3v) is 10.6. The second kappa shape index (κ2) is 14.6. The maximum atomic E-state index is 16.7. The lowest BCUT2D eigenvalue weighted by atomic mass is 10.0. The fourth-order valence-corrected chi connectivity index (χ4v) is 6.58. The van der Waals surface area contributed by atoms with Crippen LogP contribution in [0.25, 0.3) is 11.1 Å². The molecule has 1 N–H and O–H groups in total. The van der Waals surface area contributed by atoms with Crippen LogP contribution in [0, 0.1) is 11.6 Å². The number of piperidine rings is 1. The predicted octanol–water partition coefficient (Wildman–Crippen LogP) is 6.93. The second-order valence-electron chi connectivity index (χ2n) is 14.0. The van der Waals surface area contributed by atoms with Crippen LogP contribution < -0.4 is 19.9 Å². The van der Waals surface area contributed by atoms with Gasteiger partial charge in [0.15, 0.2) is 5.82 Å². The van der Waals surface area contributed by atoms with Gasteiger partial charge < -0.3 is 19.9 Å². The van der Waals surface area contributed by atoms with Crippen LogP contribution in [0.1, 0.15) is 42.6 Å². The monoisotopic (exact) mass is 745 g/mol. The van der Waals surface area contributed by atoms with Crippen LogP contribution in [-0.2, 0) is 6.18 Å². The summed E-state index contributed by atoms with van der Waals surface area (Å²) in [5.74, 6) is -6.00. The Morgan fingerprint density at radius 2 is 1.59 bits per heavy atom. The molecule has 2 aliphatic rings. The van der Waals surface area contributed by atoms with Gasteiger partial charge in [-0.2, -0.15) is 13.2 Å². The molecular formula is C34H42F7N7O2S. The number of nitrogens with one attached hydrogen (secondary N) is 1. The molecule has 0 saturated carbocycles. The van der Waals surface area contributed by atoms with E-state index in [9.17, 15) is 26.7 Å². The molecule has 280 valence electrons. The van der Waals surface area contributed by atoms with Crippen LogP contribution in [0.5, 0.6) is 5.88 Å². The smallest absolute Gasteiger partial charge is 0.417 e. The van der Waals surface area contributed by atoms with Gasteiger partial charge in [-0.05, 0) is 39.7 Å². The number of aromatic nitrogens is 3. The molecule has 2 fully saturated rings. The first kappa shape index (κ1) is 38.4. The first-order chi connectivity index (χ1) is 23.7. The first-order valence-corrected chi connectivity index (χ1v) is 19.4. The Morgan fingerprint density at radius 3 is 2.16 bits per heavy atom. The van der Waals surface area contributed by atoms with Crippen LogP contribution in [0.15, 0.2) is 30.7 Å². The molecule has 2 saturated heterocycles. The third-order valence-electron chi connectivity index (χ3n) is 9.22. The normalized spacial score (nSPS) is 20.3. The Morgan fingerprint density at radius 1 is 0.980 bits per heavy atom. The summed E-state index contributed by atoms with van der Waals surface area (Å²) < 4.78 is 108. The molecule has 2 atom stereocenters. The molecule has 5 rings (SSSR count). The average molecular weight is 746 g/mol. The van der Waals surface area contributed by atoms with E-state index in [-0.39, 0.29) is 54.9 Å². The van der Waals surface area contributed by atoms with E-state index in [0.29, 0.717) is 24.9 Å². The van der Waals surface area contributed by atoms with Crippen molar-refractivity contribution < 1.29 is 40.3 Å². The number of carbonyl (C=O) groups is 1. The standard InChI is InChI=1S/C34H42F7N7O2S/c1-20-18-48(19-21(2)46(20)3)26-14-25(35)28(22-15-43-32(44-16-22)47-9-7-33(37,38)8-10-47)29(36)30(26)45-31(49)23-17-42-27(13-24(23)34(39,40)41)50-11-12-51(4,5)6/h13-17,20-21H,7-12,18-19H2,1-6H3,(H,45,49)/t20-,21+. The lowest BCUT2D eigenvalue weighted by molar-refractivity contribution is -0.138.